The summed E-state index contributed by atoms with van der Waals surface area (Å²) < 4.78 is 14.6. The maximum atomic E-state index is 12.0. The van der Waals surface area contributed by atoms with Gasteiger partial charge in [0.05, 0.1) is 0 Å². The van der Waals surface area contributed by atoms with Gasteiger partial charge in [0.25, 0.3) is 0 Å². The summed E-state index contributed by atoms with van der Waals surface area (Å²) in [4.78, 5) is 24.0. The molecule has 4 nitrogen and oxygen atoms in total. The zero-order valence-electron chi connectivity index (χ0n) is 16.8. The Morgan fingerprint density at radius 1 is 0.594 bits per heavy atom. The van der Waals surface area contributed by atoms with Gasteiger partial charge in [-0.05, 0) is 57.9 Å². The van der Waals surface area contributed by atoms with Gasteiger partial charge in [-0.2, -0.15) is 0 Å². The van der Waals surface area contributed by atoms with Gasteiger partial charge in [-0.3, -0.25) is 9.59 Å². The van der Waals surface area contributed by atoms with E-state index >= 15 is 0 Å². The van der Waals surface area contributed by atoms with Gasteiger partial charge in [-0.25, -0.2) is 0 Å². The van der Waals surface area contributed by atoms with Crippen LogP contribution in [0.15, 0.2) is 66.4 Å². The highest BCUT2D eigenvalue weighted by Gasteiger charge is 2.23. The first kappa shape index (κ1) is 23.4. The number of benzene rings is 4. The minimum atomic E-state index is -0.451. The smallest absolute Gasteiger partial charge is 0.308 e. The second-order valence-electron chi connectivity index (χ2n) is 7.03. The van der Waals surface area contributed by atoms with E-state index in [9.17, 15) is 9.59 Å². The van der Waals surface area contributed by atoms with E-state index in [0.717, 1.165) is 39.4 Å². The summed E-state index contributed by atoms with van der Waals surface area (Å²) >= 11 is 14.2. The zero-order valence-corrected chi connectivity index (χ0v) is 23.1. The molecule has 0 radical (unpaired) electrons. The van der Waals surface area contributed by atoms with Crippen LogP contribution in [-0.4, -0.2) is 11.9 Å². The topological polar surface area (TPSA) is 52.6 Å². The molecule has 0 heterocycles. The maximum Gasteiger partial charge on any atom is 0.308 e. The molecule has 0 unspecified atom stereocenters. The maximum absolute atomic E-state index is 12.0. The summed E-state index contributed by atoms with van der Waals surface area (Å²) in [5.74, 6) is -0.182. The summed E-state index contributed by atoms with van der Waals surface area (Å²) in [6, 6.07) is 15.2. The van der Waals surface area contributed by atoms with Crippen molar-refractivity contribution in [2.75, 3.05) is 0 Å². The molecule has 0 aliphatic rings. The minimum Gasteiger partial charge on any atom is -0.426 e. The lowest BCUT2D eigenvalue weighted by atomic mass is 9.92. The summed E-state index contributed by atoms with van der Waals surface area (Å²) in [5, 5.41) is 3.48. The van der Waals surface area contributed by atoms with Crippen molar-refractivity contribution in [3.8, 4) is 22.6 Å². The number of rotatable bonds is 3. The molecule has 4 aromatic rings. The van der Waals surface area contributed by atoms with Crippen LogP contribution in [0.5, 0.6) is 11.5 Å². The van der Waals surface area contributed by atoms with E-state index in [1.807, 2.05) is 36.4 Å². The molecule has 0 aliphatic heterocycles. The third-order valence-electron chi connectivity index (χ3n) is 4.78. The molecule has 0 amide bonds. The third kappa shape index (κ3) is 4.51. The van der Waals surface area contributed by atoms with E-state index < -0.39 is 11.9 Å². The summed E-state index contributed by atoms with van der Waals surface area (Å²) in [6.07, 6.45) is 0. The second-order valence-corrected chi connectivity index (χ2v) is 10.6. The van der Waals surface area contributed by atoms with Crippen LogP contribution in [0.1, 0.15) is 13.8 Å². The van der Waals surface area contributed by atoms with Crippen LogP contribution in [0, 0.1) is 0 Å². The first-order valence-corrected chi connectivity index (χ1v) is 12.5. The molecule has 0 saturated carbocycles. The first-order valence-electron chi connectivity index (χ1n) is 9.36. The lowest BCUT2D eigenvalue weighted by Crippen LogP contribution is -2.06. The Morgan fingerprint density at radius 2 is 0.969 bits per heavy atom. The van der Waals surface area contributed by atoms with Gasteiger partial charge in [0.2, 0.25) is 0 Å². The average molecular weight is 686 g/mol. The van der Waals surface area contributed by atoms with E-state index in [4.69, 9.17) is 9.47 Å². The van der Waals surface area contributed by atoms with Crippen molar-refractivity contribution in [3.05, 3.63) is 66.4 Å². The number of fused-ring (bicyclic) bond motifs is 2. The number of carbonyl (C=O) groups excluding carboxylic acids is 2. The van der Waals surface area contributed by atoms with Gasteiger partial charge in [0.15, 0.2) is 0 Å². The molecule has 8 heteroatoms. The number of carbonyl (C=O) groups is 2. The monoisotopic (exact) mass is 682 g/mol. The Kier molecular flexibility index (Phi) is 6.77. The molecule has 0 atom stereocenters. The Labute approximate surface area is 217 Å². The van der Waals surface area contributed by atoms with Gasteiger partial charge >= 0.3 is 11.9 Å². The van der Waals surface area contributed by atoms with Crippen molar-refractivity contribution in [2.24, 2.45) is 0 Å². The van der Waals surface area contributed by atoms with Crippen molar-refractivity contribution in [2.45, 2.75) is 13.8 Å². The molecule has 0 N–H and O–H groups in total. The fourth-order valence-electron chi connectivity index (χ4n) is 3.65. The van der Waals surface area contributed by atoms with E-state index in [-0.39, 0.29) is 0 Å². The van der Waals surface area contributed by atoms with Gasteiger partial charge in [0.1, 0.15) is 11.5 Å². The van der Waals surface area contributed by atoms with Crippen LogP contribution in [0.3, 0.4) is 0 Å². The molecule has 162 valence electrons. The molecular weight excluding hydrogens is 672 g/mol. The number of ether oxygens (including phenoxy) is 2. The predicted octanol–water partition coefficient (Wildman–Crippen LogP) is 8.56. The Morgan fingerprint density at radius 3 is 1.31 bits per heavy atom. The minimum absolute atomic E-state index is 0.360. The molecule has 0 aromatic heterocycles. The van der Waals surface area contributed by atoms with Crippen LogP contribution in [-0.2, 0) is 9.59 Å². The number of hydrogen-bond donors (Lipinski definition) is 0. The summed E-state index contributed by atoms with van der Waals surface area (Å²) in [6.45, 7) is 2.71. The van der Waals surface area contributed by atoms with E-state index in [0.29, 0.717) is 22.6 Å². The average Bonchev–Trinajstić information content (AvgIpc) is 2.69. The lowest BCUT2D eigenvalue weighted by Gasteiger charge is -2.20. The van der Waals surface area contributed by atoms with Crippen LogP contribution in [0.4, 0.5) is 0 Å². The van der Waals surface area contributed by atoms with Crippen molar-refractivity contribution < 1.29 is 19.1 Å². The highest BCUT2D eigenvalue weighted by atomic mass is 79.9. The number of esters is 2. The molecule has 4 rings (SSSR count). The number of halogens is 4. The summed E-state index contributed by atoms with van der Waals surface area (Å²) in [5.41, 5.74) is 1.31. The summed E-state index contributed by atoms with van der Waals surface area (Å²) in [7, 11) is 0. The quantitative estimate of drug-likeness (QED) is 0.160. The zero-order chi connectivity index (χ0) is 23.2. The number of hydrogen-bond acceptors (Lipinski definition) is 4. The van der Waals surface area contributed by atoms with Crippen LogP contribution < -0.4 is 9.47 Å². The van der Waals surface area contributed by atoms with Crippen molar-refractivity contribution >= 4 is 97.2 Å². The second kappa shape index (κ2) is 9.25. The van der Waals surface area contributed by atoms with E-state index in [1.54, 1.807) is 12.1 Å². The molecule has 4 aromatic carbocycles. The highest BCUT2D eigenvalue weighted by Crippen LogP contribution is 2.49. The fraction of sp³-hybridized carbons (Fsp3) is 0.0833. The van der Waals surface area contributed by atoms with Gasteiger partial charge in [0, 0.05) is 42.9 Å². The Hall–Kier alpha value is -1.74. The van der Waals surface area contributed by atoms with Crippen LogP contribution in [0.25, 0.3) is 32.7 Å². The third-order valence-corrected chi connectivity index (χ3v) is 7.08. The van der Waals surface area contributed by atoms with Crippen LogP contribution >= 0.6 is 63.7 Å². The predicted molar refractivity (Wildman–Crippen MR) is 140 cm³/mol. The molecule has 0 aliphatic carbocycles. The van der Waals surface area contributed by atoms with Crippen molar-refractivity contribution in [3.63, 3.8) is 0 Å². The SMILES string of the molecule is CC(=O)Oc1cc(Br)c2cc(Br)ccc2c1-c1c(OC(C)=O)cc(Br)c2cc(Br)ccc12. The standard InChI is InChI=1S/C24H14Br4O4/c1-11(29)31-21-9-19(27)17-7-13(25)3-5-15(17)23(21)24-16-6-4-14(26)8-18(16)20(28)10-22(24)32-12(2)30/h3-10H,1-2H3. The van der Waals surface area contributed by atoms with Crippen molar-refractivity contribution in [1.82, 2.24) is 0 Å². The lowest BCUT2D eigenvalue weighted by molar-refractivity contribution is -0.132. The first-order chi connectivity index (χ1) is 15.2. The van der Waals surface area contributed by atoms with Gasteiger partial charge in [-0.15, -0.1) is 0 Å². The normalized spacial score (nSPS) is 11.1. The molecule has 0 spiro atoms. The largest absolute Gasteiger partial charge is 0.426 e. The van der Waals surface area contributed by atoms with Crippen LogP contribution in [0.2, 0.25) is 0 Å². The Bertz CT molecular complexity index is 1320. The Balaban J connectivity index is 2.24. The molecule has 0 saturated heterocycles. The van der Waals surface area contributed by atoms with E-state index in [2.05, 4.69) is 63.7 Å². The molecular formula is C24H14Br4O4. The fourth-order valence-corrected chi connectivity index (χ4v) is 5.44. The van der Waals surface area contributed by atoms with Gasteiger partial charge in [-0.1, -0.05) is 75.9 Å². The molecule has 32 heavy (non-hydrogen) atoms. The van der Waals surface area contributed by atoms with Gasteiger partial charge < -0.3 is 9.47 Å². The molecule has 0 fully saturated rings. The van der Waals surface area contributed by atoms with E-state index in [1.165, 1.54) is 13.8 Å². The van der Waals surface area contributed by atoms with Crippen molar-refractivity contribution in [1.29, 1.82) is 0 Å². The molecule has 0 bridgehead atoms. The highest BCUT2D eigenvalue weighted by molar-refractivity contribution is 9.11.